The summed E-state index contributed by atoms with van der Waals surface area (Å²) in [5, 5.41) is 9.23. The summed E-state index contributed by atoms with van der Waals surface area (Å²) in [5.74, 6) is -0.836. The van der Waals surface area contributed by atoms with Gasteiger partial charge in [0.25, 0.3) is 0 Å². The minimum absolute atomic E-state index is 0.00620. The predicted octanol–water partition coefficient (Wildman–Crippen LogP) is 4.61. The molecule has 0 radical (unpaired) electrons. The minimum Gasteiger partial charge on any atom is -0.481 e. The largest absolute Gasteiger partial charge is 0.481 e. The number of imidazole rings is 1. The van der Waals surface area contributed by atoms with Crippen molar-refractivity contribution in [3.8, 4) is 11.3 Å². The lowest BCUT2D eigenvalue weighted by atomic mass is 10.1. The van der Waals surface area contributed by atoms with Crippen molar-refractivity contribution in [1.82, 2.24) is 9.38 Å². The second-order valence-electron chi connectivity index (χ2n) is 5.17. The summed E-state index contributed by atoms with van der Waals surface area (Å²) in [5.41, 5.74) is 3.81. The lowest BCUT2D eigenvalue weighted by molar-refractivity contribution is -0.136. The topological polar surface area (TPSA) is 54.6 Å². The van der Waals surface area contributed by atoms with Crippen LogP contribution in [0.4, 0.5) is 0 Å². The zero-order valence-corrected chi connectivity index (χ0v) is 14.3. The number of rotatable bonds is 3. The number of hydrogen-bond acceptors (Lipinski definition) is 3. The highest BCUT2D eigenvalue weighted by molar-refractivity contribution is 9.10. The Hall–Kier alpha value is -2.18. The Kier molecular flexibility index (Phi) is 3.43. The van der Waals surface area contributed by atoms with E-state index in [4.69, 9.17) is 0 Å². The molecule has 2 aromatic carbocycles. The van der Waals surface area contributed by atoms with E-state index in [2.05, 4.69) is 25.3 Å². The maximum absolute atomic E-state index is 11.2. The third-order valence-corrected chi connectivity index (χ3v) is 5.23. The van der Waals surface area contributed by atoms with Crippen molar-refractivity contribution >= 4 is 49.2 Å². The molecule has 0 spiro atoms. The molecular weight excluding hydrogens is 376 g/mol. The fourth-order valence-electron chi connectivity index (χ4n) is 2.73. The number of carbonyl (C=O) groups is 1. The summed E-state index contributed by atoms with van der Waals surface area (Å²) in [6.07, 6.45) is -0.00620. The minimum atomic E-state index is -0.836. The van der Waals surface area contributed by atoms with Crippen LogP contribution in [0.15, 0.2) is 53.0 Å². The molecule has 0 saturated carbocycles. The summed E-state index contributed by atoms with van der Waals surface area (Å²) in [6, 6.07) is 15.8. The number of benzene rings is 2. The van der Waals surface area contributed by atoms with E-state index in [0.717, 1.165) is 36.6 Å². The van der Waals surface area contributed by atoms with Crippen LogP contribution in [0.5, 0.6) is 0 Å². The third kappa shape index (κ3) is 2.44. The maximum Gasteiger partial charge on any atom is 0.308 e. The first kappa shape index (κ1) is 14.4. The zero-order valence-electron chi connectivity index (χ0n) is 11.9. The molecule has 0 unspecified atom stereocenters. The molecule has 2 aromatic heterocycles. The number of fused-ring (bicyclic) bond motifs is 3. The fourth-order valence-corrected chi connectivity index (χ4v) is 4.14. The van der Waals surface area contributed by atoms with Crippen LogP contribution < -0.4 is 0 Å². The van der Waals surface area contributed by atoms with Gasteiger partial charge in [0.1, 0.15) is 0 Å². The highest BCUT2D eigenvalue weighted by atomic mass is 79.9. The first-order valence-corrected chi connectivity index (χ1v) is 8.61. The van der Waals surface area contributed by atoms with E-state index < -0.39 is 5.97 Å². The molecule has 4 rings (SSSR count). The Morgan fingerprint density at radius 3 is 2.65 bits per heavy atom. The number of thiazole rings is 1. The van der Waals surface area contributed by atoms with Crippen molar-refractivity contribution in [2.75, 3.05) is 0 Å². The van der Waals surface area contributed by atoms with Crippen molar-refractivity contribution in [1.29, 1.82) is 0 Å². The van der Waals surface area contributed by atoms with Crippen molar-refractivity contribution in [2.24, 2.45) is 0 Å². The molecule has 0 aliphatic heterocycles. The zero-order chi connectivity index (χ0) is 16.0. The number of hydrogen-bond donors (Lipinski definition) is 1. The Morgan fingerprint density at radius 2 is 1.91 bits per heavy atom. The fraction of sp³-hybridized carbons (Fsp3) is 0.0588. The van der Waals surface area contributed by atoms with Gasteiger partial charge in [0.15, 0.2) is 4.96 Å². The Morgan fingerprint density at radius 1 is 1.17 bits per heavy atom. The van der Waals surface area contributed by atoms with Gasteiger partial charge in [-0.1, -0.05) is 40.2 Å². The second kappa shape index (κ2) is 5.47. The van der Waals surface area contributed by atoms with E-state index in [0.29, 0.717) is 0 Å². The van der Waals surface area contributed by atoms with Crippen molar-refractivity contribution in [3.05, 3.63) is 57.9 Å². The number of para-hydroxylation sites is 2. The van der Waals surface area contributed by atoms with E-state index >= 15 is 0 Å². The summed E-state index contributed by atoms with van der Waals surface area (Å²) >= 11 is 4.88. The number of aliphatic carboxylic acids is 1. The number of halogens is 1. The van der Waals surface area contributed by atoms with Gasteiger partial charge in [0.05, 0.1) is 23.1 Å². The molecule has 23 heavy (non-hydrogen) atoms. The number of carboxylic acids is 1. The SMILES string of the molecule is O=C(O)Cc1sc2nc3ccccc3n2c1-c1ccc(Br)cc1. The highest BCUT2D eigenvalue weighted by Gasteiger charge is 2.19. The van der Waals surface area contributed by atoms with Crippen LogP contribution >= 0.6 is 27.3 Å². The molecule has 0 bridgehead atoms. The van der Waals surface area contributed by atoms with Gasteiger partial charge in [-0.05, 0) is 29.8 Å². The number of nitrogens with zero attached hydrogens (tertiary/aromatic N) is 2. The molecule has 4 nitrogen and oxygen atoms in total. The molecule has 0 saturated heterocycles. The van der Waals surface area contributed by atoms with E-state index in [-0.39, 0.29) is 6.42 Å². The monoisotopic (exact) mass is 386 g/mol. The first-order chi connectivity index (χ1) is 11.1. The molecule has 0 fully saturated rings. The third-order valence-electron chi connectivity index (χ3n) is 3.66. The molecule has 2 heterocycles. The summed E-state index contributed by atoms with van der Waals surface area (Å²) < 4.78 is 3.05. The summed E-state index contributed by atoms with van der Waals surface area (Å²) in [6.45, 7) is 0. The molecule has 0 atom stereocenters. The van der Waals surface area contributed by atoms with E-state index in [1.54, 1.807) is 0 Å². The molecule has 0 aliphatic carbocycles. The first-order valence-electron chi connectivity index (χ1n) is 7.00. The van der Waals surface area contributed by atoms with E-state index in [1.807, 2.05) is 48.5 Å². The van der Waals surface area contributed by atoms with Crippen molar-refractivity contribution in [2.45, 2.75) is 6.42 Å². The van der Waals surface area contributed by atoms with Gasteiger partial charge in [0.2, 0.25) is 0 Å². The molecular formula is C17H11BrN2O2S. The molecule has 1 N–H and O–H groups in total. The van der Waals surface area contributed by atoms with Crippen LogP contribution in [0.2, 0.25) is 0 Å². The predicted molar refractivity (Wildman–Crippen MR) is 95.1 cm³/mol. The summed E-state index contributed by atoms with van der Waals surface area (Å²) in [7, 11) is 0. The average Bonchev–Trinajstić information content (AvgIpc) is 3.03. The van der Waals surface area contributed by atoms with Crippen LogP contribution in [0, 0.1) is 0 Å². The molecule has 6 heteroatoms. The van der Waals surface area contributed by atoms with Gasteiger partial charge in [-0.25, -0.2) is 4.98 Å². The van der Waals surface area contributed by atoms with Gasteiger partial charge in [0, 0.05) is 9.35 Å². The highest BCUT2D eigenvalue weighted by Crippen LogP contribution is 2.35. The lowest BCUT2D eigenvalue weighted by Gasteiger charge is -2.05. The summed E-state index contributed by atoms with van der Waals surface area (Å²) in [4.78, 5) is 17.5. The Bertz CT molecular complexity index is 1030. The van der Waals surface area contributed by atoms with E-state index in [1.165, 1.54) is 11.3 Å². The van der Waals surface area contributed by atoms with E-state index in [9.17, 15) is 9.90 Å². The molecule has 0 aliphatic rings. The molecule has 114 valence electrons. The van der Waals surface area contributed by atoms with Gasteiger partial charge in [-0.15, -0.1) is 11.3 Å². The smallest absolute Gasteiger partial charge is 0.308 e. The lowest BCUT2D eigenvalue weighted by Crippen LogP contribution is -2.00. The standard InChI is InChI=1S/C17H11BrN2O2S/c18-11-7-5-10(6-8-11)16-14(9-15(21)22)23-17-19-12-3-1-2-4-13(12)20(16)17/h1-8H,9H2,(H,21,22). The maximum atomic E-state index is 11.2. The van der Waals surface area contributed by atoms with Crippen LogP contribution in [0.1, 0.15) is 4.88 Å². The van der Waals surface area contributed by atoms with Crippen molar-refractivity contribution in [3.63, 3.8) is 0 Å². The van der Waals surface area contributed by atoms with Gasteiger partial charge < -0.3 is 5.11 Å². The Balaban J connectivity index is 2.07. The van der Waals surface area contributed by atoms with Crippen LogP contribution in [-0.2, 0) is 11.2 Å². The number of aromatic nitrogens is 2. The quantitative estimate of drug-likeness (QED) is 0.559. The Labute approximate surface area is 144 Å². The normalized spacial score (nSPS) is 11.3. The van der Waals surface area contributed by atoms with Crippen LogP contribution in [-0.4, -0.2) is 20.5 Å². The second-order valence-corrected chi connectivity index (χ2v) is 7.15. The molecule has 4 aromatic rings. The average molecular weight is 387 g/mol. The van der Waals surface area contributed by atoms with Crippen molar-refractivity contribution < 1.29 is 9.90 Å². The van der Waals surface area contributed by atoms with Crippen LogP contribution in [0.3, 0.4) is 0 Å². The number of carboxylic acid groups (broad SMARTS) is 1. The van der Waals surface area contributed by atoms with Crippen LogP contribution in [0.25, 0.3) is 27.3 Å². The van der Waals surface area contributed by atoms with Gasteiger partial charge >= 0.3 is 5.97 Å². The van der Waals surface area contributed by atoms with Gasteiger partial charge in [-0.2, -0.15) is 0 Å². The molecule has 0 amide bonds. The van der Waals surface area contributed by atoms with Gasteiger partial charge in [-0.3, -0.25) is 9.20 Å².